The Morgan fingerprint density at radius 1 is 1.17 bits per heavy atom. The number of nitrogens with one attached hydrogen (secondary N) is 1. The van der Waals surface area contributed by atoms with E-state index in [1.165, 1.54) is 0 Å². The lowest BCUT2D eigenvalue weighted by molar-refractivity contribution is -0.122. The van der Waals surface area contributed by atoms with Crippen molar-refractivity contribution in [3.63, 3.8) is 0 Å². The molecule has 23 heavy (non-hydrogen) atoms. The van der Waals surface area contributed by atoms with Crippen molar-refractivity contribution in [1.82, 2.24) is 0 Å². The van der Waals surface area contributed by atoms with Crippen molar-refractivity contribution in [2.24, 2.45) is 5.92 Å². The minimum atomic E-state index is -0.320. The van der Waals surface area contributed by atoms with Crippen LogP contribution in [0.15, 0.2) is 48.5 Å². The summed E-state index contributed by atoms with van der Waals surface area (Å²) >= 11 is 2.19. The molecule has 2 amide bonds. The van der Waals surface area contributed by atoms with Gasteiger partial charge in [0.2, 0.25) is 11.8 Å². The van der Waals surface area contributed by atoms with Crippen LogP contribution in [0.2, 0.25) is 0 Å². The van der Waals surface area contributed by atoms with Gasteiger partial charge in [-0.15, -0.1) is 0 Å². The fourth-order valence-corrected chi connectivity index (χ4v) is 3.18. The van der Waals surface area contributed by atoms with Crippen molar-refractivity contribution in [2.75, 3.05) is 16.8 Å². The summed E-state index contributed by atoms with van der Waals surface area (Å²) in [6.07, 6.45) is 0.253. The molecule has 0 unspecified atom stereocenters. The second kappa shape index (κ2) is 6.70. The molecule has 4 nitrogen and oxygen atoms in total. The maximum absolute atomic E-state index is 12.5. The molecule has 1 fully saturated rings. The van der Waals surface area contributed by atoms with Crippen LogP contribution < -0.4 is 10.2 Å². The van der Waals surface area contributed by atoms with Gasteiger partial charge in [0, 0.05) is 22.2 Å². The molecular weight excluding hydrogens is 403 g/mol. The molecule has 1 heterocycles. The van der Waals surface area contributed by atoms with Gasteiger partial charge in [0.1, 0.15) is 0 Å². The molecule has 1 atom stereocenters. The number of nitrogens with zero attached hydrogens (tertiary/aromatic N) is 1. The van der Waals surface area contributed by atoms with Gasteiger partial charge in [-0.25, -0.2) is 0 Å². The van der Waals surface area contributed by atoms with Crippen LogP contribution in [0.4, 0.5) is 11.4 Å². The number of carbonyl (C=O) groups is 2. The van der Waals surface area contributed by atoms with Crippen LogP contribution in [0.3, 0.4) is 0 Å². The van der Waals surface area contributed by atoms with Crippen LogP contribution >= 0.6 is 22.6 Å². The number of aryl methyl sites for hydroxylation is 1. The van der Waals surface area contributed by atoms with Crippen molar-refractivity contribution in [1.29, 1.82) is 0 Å². The molecule has 1 aliphatic heterocycles. The lowest BCUT2D eigenvalue weighted by atomic mass is 10.1. The van der Waals surface area contributed by atoms with Crippen LogP contribution in [0.1, 0.15) is 12.0 Å². The number of halogens is 1. The number of rotatable bonds is 3. The van der Waals surface area contributed by atoms with Crippen LogP contribution in [0.5, 0.6) is 0 Å². The fourth-order valence-electron chi connectivity index (χ4n) is 2.65. The third kappa shape index (κ3) is 3.55. The fraction of sp³-hybridized carbons (Fsp3) is 0.222. The van der Waals surface area contributed by atoms with Gasteiger partial charge in [-0.05, 0) is 53.8 Å². The van der Waals surface area contributed by atoms with E-state index >= 15 is 0 Å². The molecule has 1 saturated heterocycles. The maximum Gasteiger partial charge on any atom is 0.229 e. The first-order chi connectivity index (χ1) is 11.0. The summed E-state index contributed by atoms with van der Waals surface area (Å²) in [5, 5.41) is 2.93. The number of hydrogen-bond donors (Lipinski definition) is 1. The highest BCUT2D eigenvalue weighted by Crippen LogP contribution is 2.27. The van der Waals surface area contributed by atoms with E-state index in [9.17, 15) is 9.59 Å². The molecule has 2 aromatic rings. The number of anilines is 2. The molecule has 0 spiro atoms. The van der Waals surface area contributed by atoms with E-state index in [2.05, 4.69) is 27.9 Å². The topological polar surface area (TPSA) is 49.4 Å². The Bertz CT molecular complexity index is 743. The lowest BCUT2D eigenvalue weighted by Crippen LogP contribution is -2.28. The number of carbonyl (C=O) groups excluding carboxylic acids is 2. The zero-order valence-electron chi connectivity index (χ0n) is 12.8. The van der Waals surface area contributed by atoms with Gasteiger partial charge in [0.25, 0.3) is 0 Å². The monoisotopic (exact) mass is 420 g/mol. The lowest BCUT2D eigenvalue weighted by Gasteiger charge is -2.17. The summed E-state index contributed by atoms with van der Waals surface area (Å²) < 4.78 is 0.984. The van der Waals surface area contributed by atoms with Crippen LogP contribution in [-0.2, 0) is 9.59 Å². The first-order valence-electron chi connectivity index (χ1n) is 7.47. The smallest absolute Gasteiger partial charge is 0.229 e. The van der Waals surface area contributed by atoms with Crippen LogP contribution in [0.25, 0.3) is 0 Å². The second-order valence-corrected chi connectivity index (χ2v) is 6.87. The third-order valence-electron chi connectivity index (χ3n) is 3.97. The molecule has 5 heteroatoms. The van der Waals surface area contributed by atoms with Gasteiger partial charge in [-0.2, -0.15) is 0 Å². The number of para-hydroxylation sites is 1. The Morgan fingerprint density at radius 2 is 1.87 bits per heavy atom. The second-order valence-electron chi connectivity index (χ2n) is 5.71. The molecule has 1 aliphatic rings. The molecule has 0 bridgehead atoms. The van der Waals surface area contributed by atoms with E-state index in [0.29, 0.717) is 6.54 Å². The first-order valence-corrected chi connectivity index (χ1v) is 8.55. The molecule has 0 radical (unpaired) electrons. The summed E-state index contributed by atoms with van der Waals surface area (Å²) in [4.78, 5) is 26.4. The Morgan fingerprint density at radius 3 is 2.57 bits per heavy atom. The van der Waals surface area contributed by atoms with Crippen molar-refractivity contribution >= 4 is 45.8 Å². The molecule has 118 valence electrons. The highest BCUT2D eigenvalue weighted by molar-refractivity contribution is 14.1. The third-order valence-corrected chi connectivity index (χ3v) is 4.91. The van der Waals surface area contributed by atoms with E-state index in [1.807, 2.05) is 55.5 Å². The number of hydrogen-bond acceptors (Lipinski definition) is 2. The maximum atomic E-state index is 12.5. The van der Waals surface area contributed by atoms with Gasteiger partial charge in [-0.1, -0.05) is 29.8 Å². The van der Waals surface area contributed by atoms with Crippen LogP contribution in [-0.4, -0.2) is 18.4 Å². The van der Waals surface area contributed by atoms with Crippen molar-refractivity contribution in [2.45, 2.75) is 13.3 Å². The first kappa shape index (κ1) is 16.0. The van der Waals surface area contributed by atoms with Gasteiger partial charge >= 0.3 is 0 Å². The summed E-state index contributed by atoms with van der Waals surface area (Å²) in [6, 6.07) is 15.4. The zero-order chi connectivity index (χ0) is 16.4. The zero-order valence-corrected chi connectivity index (χ0v) is 14.9. The highest BCUT2D eigenvalue weighted by atomic mass is 127. The molecule has 0 aliphatic carbocycles. The van der Waals surface area contributed by atoms with Crippen molar-refractivity contribution in [3.05, 3.63) is 57.7 Å². The summed E-state index contributed by atoms with van der Waals surface area (Å²) in [7, 11) is 0. The Labute approximate surface area is 149 Å². The van der Waals surface area contributed by atoms with E-state index in [1.54, 1.807) is 4.90 Å². The van der Waals surface area contributed by atoms with E-state index in [0.717, 1.165) is 20.5 Å². The molecule has 0 aromatic heterocycles. The Balaban J connectivity index is 1.71. The van der Waals surface area contributed by atoms with E-state index in [4.69, 9.17) is 0 Å². The average Bonchev–Trinajstić information content (AvgIpc) is 2.92. The van der Waals surface area contributed by atoms with Gasteiger partial charge < -0.3 is 10.2 Å². The summed E-state index contributed by atoms with van der Waals surface area (Å²) in [5.74, 6) is -0.423. The Kier molecular flexibility index (Phi) is 4.66. The minimum Gasteiger partial charge on any atom is -0.325 e. The summed E-state index contributed by atoms with van der Waals surface area (Å²) in [5.41, 5.74) is 2.79. The van der Waals surface area contributed by atoms with Crippen molar-refractivity contribution in [3.8, 4) is 0 Å². The highest BCUT2D eigenvalue weighted by Gasteiger charge is 2.35. The number of benzene rings is 2. The van der Waals surface area contributed by atoms with Gasteiger partial charge in [0.15, 0.2) is 0 Å². The van der Waals surface area contributed by atoms with Crippen molar-refractivity contribution < 1.29 is 9.59 Å². The predicted octanol–water partition coefficient (Wildman–Crippen LogP) is 3.59. The average molecular weight is 420 g/mol. The number of amides is 2. The van der Waals surface area contributed by atoms with Gasteiger partial charge in [-0.3, -0.25) is 9.59 Å². The quantitative estimate of drug-likeness (QED) is 0.772. The van der Waals surface area contributed by atoms with Crippen LogP contribution in [0, 0.1) is 16.4 Å². The molecule has 2 aromatic carbocycles. The molecule has 1 N–H and O–H groups in total. The van der Waals surface area contributed by atoms with Gasteiger partial charge in [0.05, 0.1) is 11.6 Å². The summed E-state index contributed by atoms with van der Waals surface area (Å²) in [6.45, 7) is 2.43. The standard InChI is InChI=1S/C18H17IN2O2/c1-12-6-8-14(9-7-12)21-11-13(10-17(21)22)18(23)20-16-5-3-2-4-15(16)19/h2-9,13H,10-11H2,1H3,(H,20,23)/t13-/m0/s1. The van der Waals surface area contributed by atoms with E-state index < -0.39 is 0 Å². The molecular formula is C18H17IN2O2. The normalized spacial score (nSPS) is 17.4. The largest absolute Gasteiger partial charge is 0.325 e. The predicted molar refractivity (Wildman–Crippen MR) is 99.4 cm³/mol. The SMILES string of the molecule is Cc1ccc(N2C[C@@H](C(=O)Nc3ccccc3I)CC2=O)cc1. The Hall–Kier alpha value is -1.89. The minimum absolute atomic E-state index is 0.00300. The molecule has 0 saturated carbocycles. The van der Waals surface area contributed by atoms with E-state index in [-0.39, 0.29) is 24.2 Å². The molecule has 3 rings (SSSR count).